The Morgan fingerprint density at radius 2 is 1.81 bits per heavy atom. The molecule has 2 atom stereocenters. The average Bonchev–Trinajstić information content (AvgIpc) is 3.20. The third-order valence-corrected chi connectivity index (χ3v) is 5.69. The molecular weight excluding hydrogens is 348 g/mol. The summed E-state index contributed by atoms with van der Waals surface area (Å²) in [5.41, 5.74) is 1.21. The second kappa shape index (κ2) is 7.01. The lowest BCUT2D eigenvalue weighted by Crippen LogP contribution is -2.30. The summed E-state index contributed by atoms with van der Waals surface area (Å²) in [5.74, 6) is 1.80. The molecule has 26 heavy (non-hydrogen) atoms. The summed E-state index contributed by atoms with van der Waals surface area (Å²) in [6, 6.07) is 16.7. The first-order valence-electron chi connectivity index (χ1n) is 8.84. The summed E-state index contributed by atoms with van der Waals surface area (Å²) in [4.78, 5) is 14.6. The number of likely N-dealkylation sites (tertiary alicyclic amines) is 1. The quantitative estimate of drug-likeness (QED) is 0.820. The lowest BCUT2D eigenvalue weighted by molar-refractivity contribution is 0.0770. The van der Waals surface area contributed by atoms with Gasteiger partial charge in [0.15, 0.2) is 0 Å². The number of ether oxygens (including phenoxy) is 1. The van der Waals surface area contributed by atoms with Crippen LogP contribution in [0.4, 0.5) is 0 Å². The fraction of sp³-hybridized carbons (Fsp3) is 0.333. The molecule has 4 rings (SSSR count). The van der Waals surface area contributed by atoms with Crippen LogP contribution in [0, 0.1) is 23.2 Å². The number of amides is 1. The van der Waals surface area contributed by atoms with Gasteiger partial charge in [0.25, 0.3) is 5.91 Å². The van der Waals surface area contributed by atoms with Crippen molar-refractivity contribution in [3.05, 3.63) is 64.7 Å². The highest BCUT2D eigenvalue weighted by molar-refractivity contribution is 6.31. The zero-order valence-electron chi connectivity index (χ0n) is 14.3. The van der Waals surface area contributed by atoms with E-state index >= 15 is 0 Å². The molecule has 2 unspecified atom stereocenters. The minimum absolute atomic E-state index is 0.122. The van der Waals surface area contributed by atoms with Gasteiger partial charge in [-0.1, -0.05) is 29.8 Å². The number of fused-ring (bicyclic) bond motifs is 1. The molecule has 1 heterocycles. The van der Waals surface area contributed by atoms with Gasteiger partial charge < -0.3 is 9.64 Å². The smallest absolute Gasteiger partial charge is 0.253 e. The van der Waals surface area contributed by atoms with Crippen molar-refractivity contribution in [3.63, 3.8) is 0 Å². The first-order valence-corrected chi connectivity index (χ1v) is 9.22. The van der Waals surface area contributed by atoms with Crippen molar-refractivity contribution in [2.24, 2.45) is 11.8 Å². The topological polar surface area (TPSA) is 53.3 Å². The standard InChI is InChI=1S/C21H19ClN2O2/c22-20-10-18(7-6-15(20)11-23)26-19-8-16-12-24(13-17(16)9-19)21(25)14-4-2-1-3-5-14/h1-7,10,16-17,19H,8-9,12-13H2. The number of hydrogen-bond acceptors (Lipinski definition) is 3. The SMILES string of the molecule is N#Cc1ccc(OC2CC3CN(C(=O)c4ccccc4)CC3C2)cc1Cl. The summed E-state index contributed by atoms with van der Waals surface area (Å²) in [6.07, 6.45) is 2.03. The maximum absolute atomic E-state index is 12.6. The molecule has 0 spiro atoms. The fourth-order valence-corrected chi connectivity index (χ4v) is 4.33. The second-order valence-electron chi connectivity index (χ2n) is 7.06. The zero-order chi connectivity index (χ0) is 18.1. The normalized spacial score (nSPS) is 24.2. The highest BCUT2D eigenvalue weighted by Gasteiger charge is 2.43. The summed E-state index contributed by atoms with van der Waals surface area (Å²) in [6.45, 7) is 1.60. The molecule has 0 N–H and O–H groups in total. The lowest BCUT2D eigenvalue weighted by atomic mass is 10.0. The van der Waals surface area contributed by atoms with Gasteiger partial charge in [-0.3, -0.25) is 4.79 Å². The van der Waals surface area contributed by atoms with Crippen LogP contribution in [-0.4, -0.2) is 30.0 Å². The van der Waals surface area contributed by atoms with Gasteiger partial charge in [-0.2, -0.15) is 5.26 Å². The van der Waals surface area contributed by atoms with E-state index in [1.807, 2.05) is 35.2 Å². The predicted molar refractivity (Wildman–Crippen MR) is 99.1 cm³/mol. The van der Waals surface area contributed by atoms with Crippen LogP contribution in [0.3, 0.4) is 0 Å². The molecule has 0 bridgehead atoms. The monoisotopic (exact) mass is 366 g/mol. The van der Waals surface area contributed by atoms with Gasteiger partial charge >= 0.3 is 0 Å². The number of nitrogens with zero attached hydrogens (tertiary/aromatic N) is 2. The van der Waals surface area contributed by atoms with Crippen molar-refractivity contribution in [3.8, 4) is 11.8 Å². The van der Waals surface area contributed by atoms with Crippen LogP contribution < -0.4 is 4.74 Å². The number of hydrogen-bond donors (Lipinski definition) is 0. The first-order chi connectivity index (χ1) is 12.6. The van der Waals surface area contributed by atoms with Crippen LogP contribution in [0.5, 0.6) is 5.75 Å². The van der Waals surface area contributed by atoms with Gasteiger partial charge in [0, 0.05) is 24.7 Å². The number of carbonyl (C=O) groups excluding carboxylic acids is 1. The van der Waals surface area contributed by atoms with E-state index in [2.05, 4.69) is 6.07 Å². The molecule has 2 aromatic rings. The van der Waals surface area contributed by atoms with Crippen LogP contribution >= 0.6 is 11.6 Å². The third kappa shape index (κ3) is 3.27. The van der Waals surface area contributed by atoms with E-state index in [9.17, 15) is 4.79 Å². The van der Waals surface area contributed by atoms with Crippen molar-refractivity contribution < 1.29 is 9.53 Å². The molecule has 132 valence electrons. The molecular formula is C21H19ClN2O2. The number of nitriles is 1. The van der Waals surface area contributed by atoms with E-state index in [0.29, 0.717) is 28.2 Å². The van der Waals surface area contributed by atoms with E-state index < -0.39 is 0 Å². The lowest BCUT2D eigenvalue weighted by Gasteiger charge is -2.20. The van der Waals surface area contributed by atoms with Crippen molar-refractivity contribution >= 4 is 17.5 Å². The number of benzene rings is 2. The van der Waals surface area contributed by atoms with Gasteiger partial charge in [0.2, 0.25) is 0 Å². The molecule has 2 fully saturated rings. The van der Waals surface area contributed by atoms with Crippen molar-refractivity contribution in [2.45, 2.75) is 18.9 Å². The molecule has 1 amide bonds. The molecule has 2 aliphatic rings. The van der Waals surface area contributed by atoms with E-state index in [1.54, 1.807) is 18.2 Å². The van der Waals surface area contributed by atoms with Crippen LogP contribution in [0.25, 0.3) is 0 Å². The summed E-state index contributed by atoms with van der Waals surface area (Å²) >= 11 is 6.08. The molecule has 1 aliphatic carbocycles. The Labute approximate surface area is 157 Å². The van der Waals surface area contributed by atoms with Gasteiger partial charge in [0.1, 0.15) is 11.8 Å². The highest BCUT2D eigenvalue weighted by Crippen LogP contribution is 2.40. The Bertz CT molecular complexity index is 848. The minimum atomic E-state index is 0.122. The summed E-state index contributed by atoms with van der Waals surface area (Å²) in [5, 5.41) is 9.37. The number of carbonyl (C=O) groups is 1. The number of rotatable bonds is 3. The Hall–Kier alpha value is -2.51. The molecule has 4 nitrogen and oxygen atoms in total. The molecule has 5 heteroatoms. The Kier molecular flexibility index (Phi) is 4.57. The van der Waals surface area contributed by atoms with Crippen LogP contribution in [-0.2, 0) is 0 Å². The Morgan fingerprint density at radius 1 is 1.12 bits per heavy atom. The molecule has 0 aromatic heterocycles. The molecule has 1 aliphatic heterocycles. The number of halogens is 1. The maximum atomic E-state index is 12.6. The van der Waals surface area contributed by atoms with Crippen LogP contribution in [0.1, 0.15) is 28.8 Å². The Morgan fingerprint density at radius 3 is 2.42 bits per heavy atom. The van der Waals surface area contributed by atoms with Gasteiger partial charge in [0.05, 0.1) is 16.7 Å². The van der Waals surface area contributed by atoms with E-state index in [0.717, 1.165) is 31.5 Å². The predicted octanol–water partition coefficient (Wildman–Crippen LogP) is 4.14. The fourth-order valence-electron chi connectivity index (χ4n) is 4.12. The van der Waals surface area contributed by atoms with Crippen molar-refractivity contribution in [1.29, 1.82) is 5.26 Å². The van der Waals surface area contributed by atoms with Gasteiger partial charge in [-0.05, 0) is 48.9 Å². The molecule has 1 saturated heterocycles. The minimum Gasteiger partial charge on any atom is -0.490 e. The third-order valence-electron chi connectivity index (χ3n) is 5.38. The first kappa shape index (κ1) is 16.9. The second-order valence-corrected chi connectivity index (χ2v) is 7.47. The van der Waals surface area contributed by atoms with Crippen LogP contribution in [0.2, 0.25) is 5.02 Å². The summed E-state index contributed by atoms with van der Waals surface area (Å²) in [7, 11) is 0. The van der Waals surface area contributed by atoms with E-state index in [1.165, 1.54) is 0 Å². The zero-order valence-corrected chi connectivity index (χ0v) is 15.0. The largest absolute Gasteiger partial charge is 0.490 e. The van der Waals surface area contributed by atoms with E-state index in [4.69, 9.17) is 21.6 Å². The van der Waals surface area contributed by atoms with Crippen molar-refractivity contribution in [1.82, 2.24) is 4.90 Å². The van der Waals surface area contributed by atoms with Crippen LogP contribution in [0.15, 0.2) is 48.5 Å². The van der Waals surface area contributed by atoms with Gasteiger partial charge in [-0.25, -0.2) is 0 Å². The highest BCUT2D eigenvalue weighted by atomic mass is 35.5. The average molecular weight is 367 g/mol. The van der Waals surface area contributed by atoms with Gasteiger partial charge in [-0.15, -0.1) is 0 Å². The summed E-state index contributed by atoms with van der Waals surface area (Å²) < 4.78 is 6.08. The molecule has 2 aromatic carbocycles. The Balaban J connectivity index is 1.36. The van der Waals surface area contributed by atoms with E-state index in [-0.39, 0.29) is 12.0 Å². The molecule has 0 radical (unpaired) electrons. The maximum Gasteiger partial charge on any atom is 0.253 e. The van der Waals surface area contributed by atoms with Crippen molar-refractivity contribution in [2.75, 3.05) is 13.1 Å². The molecule has 1 saturated carbocycles.